The van der Waals surface area contributed by atoms with E-state index in [-0.39, 0.29) is 5.91 Å². The second-order valence-corrected chi connectivity index (χ2v) is 6.65. The second-order valence-electron chi connectivity index (χ2n) is 4.84. The van der Waals surface area contributed by atoms with Crippen molar-refractivity contribution in [3.63, 3.8) is 0 Å². The van der Waals surface area contributed by atoms with Crippen LogP contribution in [0.5, 0.6) is 0 Å². The zero-order valence-electron chi connectivity index (χ0n) is 12.3. The number of amides is 1. The Morgan fingerprint density at radius 3 is 2.88 bits per heavy atom. The molecule has 118 valence electrons. The predicted octanol–water partition coefficient (Wildman–Crippen LogP) is 3.70. The molecule has 4 heterocycles. The maximum absolute atomic E-state index is 12.3. The fourth-order valence-corrected chi connectivity index (χ4v) is 3.57. The number of rotatable bonds is 4. The zero-order chi connectivity index (χ0) is 16.4. The molecule has 6 nitrogen and oxygen atoms in total. The van der Waals surface area contributed by atoms with E-state index in [1.165, 1.54) is 11.3 Å². The Morgan fingerprint density at radius 2 is 2.17 bits per heavy atom. The number of thiazole rings is 1. The van der Waals surface area contributed by atoms with Crippen molar-refractivity contribution in [2.24, 2.45) is 0 Å². The molecule has 4 rings (SSSR count). The number of hydrogen-bond acceptors (Lipinski definition) is 6. The molecule has 0 saturated carbocycles. The minimum atomic E-state index is -0.230. The van der Waals surface area contributed by atoms with Crippen LogP contribution in [0.25, 0.3) is 16.4 Å². The highest BCUT2D eigenvalue weighted by Gasteiger charge is 2.11. The van der Waals surface area contributed by atoms with Crippen LogP contribution >= 0.6 is 22.7 Å². The maximum atomic E-state index is 12.3. The van der Waals surface area contributed by atoms with E-state index < -0.39 is 0 Å². The van der Waals surface area contributed by atoms with E-state index in [9.17, 15) is 4.79 Å². The summed E-state index contributed by atoms with van der Waals surface area (Å²) in [7, 11) is 0. The Kier molecular flexibility index (Phi) is 3.89. The van der Waals surface area contributed by atoms with Gasteiger partial charge in [0.15, 0.2) is 5.13 Å². The number of carbonyl (C=O) groups excluding carboxylic acids is 1. The van der Waals surface area contributed by atoms with Gasteiger partial charge in [-0.2, -0.15) is 0 Å². The van der Waals surface area contributed by atoms with Gasteiger partial charge in [-0.1, -0.05) is 6.07 Å². The Morgan fingerprint density at radius 1 is 1.21 bits per heavy atom. The van der Waals surface area contributed by atoms with Crippen LogP contribution in [0.1, 0.15) is 10.4 Å². The van der Waals surface area contributed by atoms with Gasteiger partial charge in [-0.25, -0.2) is 15.0 Å². The highest BCUT2D eigenvalue weighted by Crippen LogP contribution is 2.28. The largest absolute Gasteiger partial charge is 0.298 e. The van der Waals surface area contributed by atoms with Gasteiger partial charge >= 0.3 is 0 Å². The first-order chi connectivity index (χ1) is 11.8. The van der Waals surface area contributed by atoms with Crippen LogP contribution in [0.3, 0.4) is 0 Å². The molecular weight excluding hydrogens is 342 g/mol. The molecule has 0 aliphatic rings. The van der Waals surface area contributed by atoms with Gasteiger partial charge in [-0.15, -0.1) is 22.7 Å². The first kappa shape index (κ1) is 14.7. The molecule has 0 saturated heterocycles. The van der Waals surface area contributed by atoms with Gasteiger partial charge in [0.2, 0.25) is 0 Å². The van der Waals surface area contributed by atoms with E-state index in [1.807, 2.05) is 22.9 Å². The molecule has 0 fully saturated rings. The van der Waals surface area contributed by atoms with E-state index in [1.54, 1.807) is 53.0 Å². The molecule has 4 aromatic heterocycles. The van der Waals surface area contributed by atoms with Crippen LogP contribution in [-0.2, 0) is 0 Å². The summed E-state index contributed by atoms with van der Waals surface area (Å²) in [6, 6.07) is 7.48. The number of nitrogens with zero attached hydrogens (tertiary/aromatic N) is 4. The standard InChI is InChI=1S/C16H11N5OS2/c22-15(11-3-4-14(18-8-11)21-6-5-17-10-21)20-16-19-12(9-24-16)13-2-1-7-23-13/h1-10H,(H,19,20,22). The second kappa shape index (κ2) is 6.34. The number of nitrogens with one attached hydrogen (secondary N) is 1. The lowest BCUT2D eigenvalue weighted by molar-refractivity contribution is 0.102. The third kappa shape index (κ3) is 2.97. The summed E-state index contributed by atoms with van der Waals surface area (Å²) in [6.45, 7) is 0. The summed E-state index contributed by atoms with van der Waals surface area (Å²) in [5.41, 5.74) is 1.35. The molecule has 0 radical (unpaired) electrons. The molecule has 0 atom stereocenters. The third-order valence-electron chi connectivity index (χ3n) is 3.28. The lowest BCUT2D eigenvalue weighted by atomic mass is 10.2. The number of aromatic nitrogens is 4. The van der Waals surface area contributed by atoms with Gasteiger partial charge in [0.25, 0.3) is 5.91 Å². The van der Waals surface area contributed by atoms with Gasteiger partial charge < -0.3 is 0 Å². The Labute approximate surface area is 145 Å². The molecule has 4 aromatic rings. The van der Waals surface area contributed by atoms with Crippen molar-refractivity contribution in [1.82, 2.24) is 19.5 Å². The van der Waals surface area contributed by atoms with Gasteiger partial charge in [-0.05, 0) is 23.6 Å². The van der Waals surface area contributed by atoms with Crippen molar-refractivity contribution in [3.8, 4) is 16.4 Å². The monoisotopic (exact) mass is 353 g/mol. The molecule has 0 aromatic carbocycles. The van der Waals surface area contributed by atoms with E-state index in [0.717, 1.165) is 10.6 Å². The van der Waals surface area contributed by atoms with Crippen LogP contribution in [0.2, 0.25) is 0 Å². The molecular formula is C16H11N5OS2. The van der Waals surface area contributed by atoms with E-state index in [2.05, 4.69) is 20.3 Å². The van der Waals surface area contributed by atoms with E-state index in [4.69, 9.17) is 0 Å². The van der Waals surface area contributed by atoms with Crippen LogP contribution in [0.15, 0.2) is 59.9 Å². The van der Waals surface area contributed by atoms with Gasteiger partial charge in [-0.3, -0.25) is 14.7 Å². The summed E-state index contributed by atoms with van der Waals surface area (Å²) in [5, 5.41) is 7.31. The van der Waals surface area contributed by atoms with Crippen LogP contribution < -0.4 is 5.32 Å². The van der Waals surface area contributed by atoms with Crippen molar-refractivity contribution < 1.29 is 4.79 Å². The first-order valence-electron chi connectivity index (χ1n) is 7.05. The number of anilines is 1. The van der Waals surface area contributed by atoms with Crippen molar-refractivity contribution in [2.45, 2.75) is 0 Å². The highest BCUT2D eigenvalue weighted by molar-refractivity contribution is 7.16. The maximum Gasteiger partial charge on any atom is 0.259 e. The molecule has 0 unspecified atom stereocenters. The zero-order valence-corrected chi connectivity index (χ0v) is 13.9. The van der Waals surface area contributed by atoms with Crippen LogP contribution in [-0.4, -0.2) is 25.4 Å². The number of imidazole rings is 1. The molecule has 1 N–H and O–H groups in total. The quantitative estimate of drug-likeness (QED) is 0.607. The Bertz CT molecular complexity index is 943. The van der Waals surface area contributed by atoms with Crippen molar-refractivity contribution in [3.05, 3.63) is 65.5 Å². The summed E-state index contributed by atoms with van der Waals surface area (Å²) in [5.74, 6) is 0.477. The first-order valence-corrected chi connectivity index (χ1v) is 8.81. The molecule has 1 amide bonds. The number of pyridine rings is 1. The SMILES string of the molecule is O=C(Nc1nc(-c2cccs2)cs1)c1ccc(-n2ccnc2)nc1. The topological polar surface area (TPSA) is 72.7 Å². The van der Waals surface area contributed by atoms with E-state index >= 15 is 0 Å². The van der Waals surface area contributed by atoms with Gasteiger partial charge in [0.1, 0.15) is 12.1 Å². The Hall–Kier alpha value is -2.84. The Balaban J connectivity index is 1.48. The lowest BCUT2D eigenvalue weighted by Gasteiger charge is -2.03. The average Bonchev–Trinajstić information content (AvgIpc) is 3.36. The summed E-state index contributed by atoms with van der Waals surface area (Å²) in [4.78, 5) is 26.1. The number of carbonyl (C=O) groups is 1. The smallest absolute Gasteiger partial charge is 0.259 e. The molecule has 8 heteroatoms. The number of thiophene rings is 1. The summed E-state index contributed by atoms with van der Waals surface area (Å²) >= 11 is 3.02. The molecule has 0 aliphatic carbocycles. The molecule has 0 aliphatic heterocycles. The third-order valence-corrected chi connectivity index (χ3v) is 4.93. The van der Waals surface area contributed by atoms with Crippen molar-refractivity contribution >= 4 is 33.7 Å². The minimum absolute atomic E-state index is 0.230. The normalized spacial score (nSPS) is 10.7. The fourth-order valence-electron chi connectivity index (χ4n) is 2.11. The number of hydrogen-bond donors (Lipinski definition) is 1. The highest BCUT2D eigenvalue weighted by atomic mass is 32.1. The summed E-state index contributed by atoms with van der Waals surface area (Å²) in [6.07, 6.45) is 6.67. The predicted molar refractivity (Wildman–Crippen MR) is 94.7 cm³/mol. The van der Waals surface area contributed by atoms with Crippen molar-refractivity contribution in [2.75, 3.05) is 5.32 Å². The van der Waals surface area contributed by atoms with Crippen LogP contribution in [0.4, 0.5) is 5.13 Å². The van der Waals surface area contributed by atoms with Gasteiger partial charge in [0.05, 0.1) is 16.1 Å². The summed E-state index contributed by atoms with van der Waals surface area (Å²) < 4.78 is 1.77. The van der Waals surface area contributed by atoms with Crippen molar-refractivity contribution in [1.29, 1.82) is 0 Å². The fraction of sp³-hybridized carbons (Fsp3) is 0. The van der Waals surface area contributed by atoms with Gasteiger partial charge in [0, 0.05) is 24.0 Å². The molecule has 24 heavy (non-hydrogen) atoms. The minimum Gasteiger partial charge on any atom is -0.298 e. The lowest BCUT2D eigenvalue weighted by Crippen LogP contribution is -2.12. The molecule has 0 bridgehead atoms. The van der Waals surface area contributed by atoms with Crippen LogP contribution in [0, 0.1) is 0 Å². The average molecular weight is 353 g/mol. The van der Waals surface area contributed by atoms with E-state index in [0.29, 0.717) is 16.5 Å². The molecule has 0 spiro atoms.